The van der Waals surface area contributed by atoms with Crippen LogP contribution in [0.4, 0.5) is 4.79 Å². The molecule has 1 saturated carbocycles. The molecule has 1 amide bonds. The number of ether oxygens (including phenoxy) is 1. The van der Waals surface area contributed by atoms with Crippen molar-refractivity contribution >= 4 is 6.09 Å². The monoisotopic (exact) mass is 229 g/mol. The highest BCUT2D eigenvalue weighted by Gasteiger charge is 2.29. The summed E-state index contributed by atoms with van der Waals surface area (Å²) in [7, 11) is 1.75. The smallest absolute Gasteiger partial charge is 0.410 e. The van der Waals surface area contributed by atoms with Crippen LogP contribution < -0.4 is 0 Å². The Morgan fingerprint density at radius 2 is 2.00 bits per heavy atom. The lowest BCUT2D eigenvalue weighted by Crippen LogP contribution is -2.43. The van der Waals surface area contributed by atoms with E-state index >= 15 is 0 Å². The minimum Gasteiger partial charge on any atom is -0.444 e. The number of carbonyl (C=O) groups is 1. The SMILES string of the molecule is CN(C(=O)OC(C)(C)C)[C@@H]1CCC[C@H](O)C1. The fourth-order valence-electron chi connectivity index (χ4n) is 1.97. The molecule has 94 valence electrons. The molecule has 2 atom stereocenters. The predicted octanol–water partition coefficient (Wildman–Crippen LogP) is 2.16. The molecule has 16 heavy (non-hydrogen) atoms. The zero-order valence-electron chi connectivity index (χ0n) is 10.7. The molecule has 0 aromatic carbocycles. The number of hydrogen-bond donors (Lipinski definition) is 1. The van der Waals surface area contributed by atoms with Gasteiger partial charge in [-0.05, 0) is 46.5 Å². The topological polar surface area (TPSA) is 49.8 Å². The van der Waals surface area contributed by atoms with Crippen LogP contribution in [0.25, 0.3) is 0 Å². The lowest BCUT2D eigenvalue weighted by molar-refractivity contribution is 0.00945. The Kier molecular flexibility index (Phi) is 4.19. The first-order valence-electron chi connectivity index (χ1n) is 5.93. The first kappa shape index (κ1) is 13.3. The average molecular weight is 229 g/mol. The third-order valence-electron chi connectivity index (χ3n) is 2.85. The number of nitrogens with zero attached hydrogens (tertiary/aromatic N) is 1. The van der Waals surface area contributed by atoms with Gasteiger partial charge in [-0.3, -0.25) is 0 Å². The number of carbonyl (C=O) groups excluding carboxylic acids is 1. The minimum atomic E-state index is -0.460. The molecule has 0 radical (unpaired) electrons. The van der Waals surface area contributed by atoms with Crippen molar-refractivity contribution in [3.05, 3.63) is 0 Å². The maximum Gasteiger partial charge on any atom is 0.410 e. The van der Waals surface area contributed by atoms with Crippen molar-refractivity contribution in [2.75, 3.05) is 7.05 Å². The average Bonchev–Trinajstić information content (AvgIpc) is 2.14. The van der Waals surface area contributed by atoms with E-state index in [2.05, 4.69) is 0 Å². The standard InChI is InChI=1S/C12H23NO3/c1-12(2,3)16-11(15)13(4)9-6-5-7-10(14)8-9/h9-10,14H,5-8H2,1-4H3/t9-,10+/m1/s1. The summed E-state index contributed by atoms with van der Waals surface area (Å²) in [5.41, 5.74) is -0.460. The van der Waals surface area contributed by atoms with E-state index in [0.717, 1.165) is 19.3 Å². The maximum absolute atomic E-state index is 11.8. The summed E-state index contributed by atoms with van der Waals surface area (Å²) in [4.78, 5) is 13.4. The molecule has 0 saturated heterocycles. The number of rotatable bonds is 1. The van der Waals surface area contributed by atoms with Crippen LogP contribution in [-0.4, -0.2) is 40.9 Å². The van der Waals surface area contributed by atoms with Crippen LogP contribution in [0.2, 0.25) is 0 Å². The van der Waals surface area contributed by atoms with Gasteiger partial charge < -0.3 is 14.7 Å². The van der Waals surface area contributed by atoms with Gasteiger partial charge in [-0.2, -0.15) is 0 Å². The summed E-state index contributed by atoms with van der Waals surface area (Å²) in [6, 6.07) is 0.110. The van der Waals surface area contributed by atoms with Gasteiger partial charge >= 0.3 is 6.09 Å². The zero-order chi connectivity index (χ0) is 12.3. The van der Waals surface area contributed by atoms with Crippen molar-refractivity contribution in [1.29, 1.82) is 0 Å². The van der Waals surface area contributed by atoms with E-state index in [1.807, 2.05) is 20.8 Å². The summed E-state index contributed by atoms with van der Waals surface area (Å²) in [6.07, 6.45) is 2.86. The van der Waals surface area contributed by atoms with E-state index in [4.69, 9.17) is 4.74 Å². The van der Waals surface area contributed by atoms with Crippen LogP contribution in [0.15, 0.2) is 0 Å². The third-order valence-corrected chi connectivity index (χ3v) is 2.85. The summed E-state index contributed by atoms with van der Waals surface area (Å²) >= 11 is 0. The Balaban J connectivity index is 2.49. The van der Waals surface area contributed by atoms with Crippen LogP contribution in [0.5, 0.6) is 0 Å². The van der Waals surface area contributed by atoms with Gasteiger partial charge in [0.25, 0.3) is 0 Å². The Morgan fingerprint density at radius 1 is 1.38 bits per heavy atom. The predicted molar refractivity (Wildman–Crippen MR) is 62.3 cm³/mol. The van der Waals surface area contributed by atoms with Crippen molar-refractivity contribution in [2.45, 2.75) is 64.2 Å². The van der Waals surface area contributed by atoms with Gasteiger partial charge in [-0.1, -0.05) is 0 Å². The molecule has 1 aliphatic carbocycles. The van der Waals surface area contributed by atoms with Crippen molar-refractivity contribution in [3.63, 3.8) is 0 Å². The third kappa shape index (κ3) is 4.00. The van der Waals surface area contributed by atoms with Crippen LogP contribution in [0, 0.1) is 0 Å². The molecule has 0 bridgehead atoms. The van der Waals surface area contributed by atoms with Crippen molar-refractivity contribution in [3.8, 4) is 0 Å². The number of aliphatic hydroxyl groups excluding tert-OH is 1. The van der Waals surface area contributed by atoms with E-state index in [0.29, 0.717) is 6.42 Å². The second-order valence-electron chi connectivity index (χ2n) is 5.57. The zero-order valence-corrected chi connectivity index (χ0v) is 10.7. The molecule has 0 aliphatic heterocycles. The van der Waals surface area contributed by atoms with Crippen molar-refractivity contribution in [2.24, 2.45) is 0 Å². The first-order valence-corrected chi connectivity index (χ1v) is 5.93. The van der Waals surface area contributed by atoms with Crippen LogP contribution >= 0.6 is 0 Å². The highest BCUT2D eigenvalue weighted by Crippen LogP contribution is 2.23. The largest absolute Gasteiger partial charge is 0.444 e. The highest BCUT2D eigenvalue weighted by molar-refractivity contribution is 5.68. The minimum absolute atomic E-state index is 0.110. The molecule has 0 spiro atoms. The normalized spacial score (nSPS) is 26.3. The quantitative estimate of drug-likeness (QED) is 0.749. The van der Waals surface area contributed by atoms with E-state index in [1.54, 1.807) is 11.9 Å². The Bertz CT molecular complexity index is 247. The van der Waals surface area contributed by atoms with Gasteiger partial charge in [-0.15, -0.1) is 0 Å². The molecular formula is C12H23NO3. The number of hydrogen-bond acceptors (Lipinski definition) is 3. The molecule has 0 aromatic rings. The molecule has 1 rings (SSSR count). The molecular weight excluding hydrogens is 206 g/mol. The summed E-state index contributed by atoms with van der Waals surface area (Å²) in [5, 5.41) is 9.56. The van der Waals surface area contributed by atoms with Gasteiger partial charge in [0.05, 0.1) is 6.10 Å². The summed E-state index contributed by atoms with van der Waals surface area (Å²) < 4.78 is 5.29. The molecule has 1 aliphatic rings. The van der Waals surface area contributed by atoms with Crippen molar-refractivity contribution in [1.82, 2.24) is 4.90 Å². The van der Waals surface area contributed by atoms with E-state index in [1.165, 1.54) is 0 Å². The van der Waals surface area contributed by atoms with Crippen LogP contribution in [0.3, 0.4) is 0 Å². The first-order chi connectivity index (χ1) is 7.29. The summed E-state index contributed by atoms with van der Waals surface area (Å²) in [6.45, 7) is 5.57. The molecule has 1 fully saturated rings. The number of amides is 1. The molecule has 4 heteroatoms. The van der Waals surface area contributed by atoms with E-state index < -0.39 is 5.60 Å². The summed E-state index contributed by atoms with van der Waals surface area (Å²) in [5.74, 6) is 0. The molecule has 0 heterocycles. The molecule has 1 N–H and O–H groups in total. The lowest BCUT2D eigenvalue weighted by Gasteiger charge is -2.34. The Hall–Kier alpha value is -0.770. The second-order valence-corrected chi connectivity index (χ2v) is 5.57. The lowest BCUT2D eigenvalue weighted by atomic mass is 9.92. The Morgan fingerprint density at radius 3 is 2.50 bits per heavy atom. The molecule has 0 unspecified atom stereocenters. The molecule has 4 nitrogen and oxygen atoms in total. The van der Waals surface area contributed by atoms with Crippen LogP contribution in [0.1, 0.15) is 46.5 Å². The maximum atomic E-state index is 11.8. The van der Waals surface area contributed by atoms with Crippen molar-refractivity contribution < 1.29 is 14.6 Å². The highest BCUT2D eigenvalue weighted by atomic mass is 16.6. The van der Waals surface area contributed by atoms with Gasteiger partial charge in [0.2, 0.25) is 0 Å². The Labute approximate surface area is 97.6 Å². The molecule has 0 aromatic heterocycles. The van der Waals surface area contributed by atoms with Gasteiger partial charge in [0.15, 0.2) is 0 Å². The van der Waals surface area contributed by atoms with Gasteiger partial charge in [0.1, 0.15) is 5.60 Å². The number of aliphatic hydroxyl groups is 1. The van der Waals surface area contributed by atoms with Crippen LogP contribution in [-0.2, 0) is 4.74 Å². The van der Waals surface area contributed by atoms with Gasteiger partial charge in [0, 0.05) is 13.1 Å². The van der Waals surface area contributed by atoms with Gasteiger partial charge in [-0.25, -0.2) is 4.79 Å². The van der Waals surface area contributed by atoms with E-state index in [9.17, 15) is 9.90 Å². The fraction of sp³-hybridized carbons (Fsp3) is 0.917. The fourth-order valence-corrected chi connectivity index (χ4v) is 1.97. The van der Waals surface area contributed by atoms with E-state index in [-0.39, 0.29) is 18.2 Å². The second kappa shape index (κ2) is 5.04.